The second-order valence-corrected chi connectivity index (χ2v) is 13.4. The molecule has 3 rings (SSSR count). The number of nitrogens with zero attached hydrogens (tertiary/aromatic N) is 1. The third-order valence-electron chi connectivity index (χ3n) is 7.36. The van der Waals surface area contributed by atoms with Gasteiger partial charge in [-0.2, -0.15) is 0 Å². The minimum Gasteiger partial charge on any atom is -0.445 e. The molecule has 14 heteroatoms. The van der Waals surface area contributed by atoms with E-state index >= 15 is 0 Å². The average Bonchev–Trinajstić information content (AvgIpc) is 3.07. The van der Waals surface area contributed by atoms with Gasteiger partial charge in [-0.3, -0.25) is 14.6 Å². The fraction of sp³-hybridized carbons (Fsp3) is 0.343. The largest absolute Gasteiger partial charge is 0.445 e. The van der Waals surface area contributed by atoms with E-state index in [0.29, 0.717) is 6.29 Å². The summed E-state index contributed by atoms with van der Waals surface area (Å²) >= 11 is 0. The van der Waals surface area contributed by atoms with Crippen molar-refractivity contribution in [3.8, 4) is 0 Å². The lowest BCUT2D eigenvalue weighted by Gasteiger charge is -2.26. The summed E-state index contributed by atoms with van der Waals surface area (Å²) in [5.74, 6) is -1.92. The van der Waals surface area contributed by atoms with E-state index in [0.717, 1.165) is 16.7 Å². The zero-order valence-electron chi connectivity index (χ0n) is 27.8. The number of guanidine groups is 1. The third kappa shape index (κ3) is 13.1. The van der Waals surface area contributed by atoms with Crippen LogP contribution in [0.4, 0.5) is 4.79 Å². The fourth-order valence-corrected chi connectivity index (χ4v) is 5.63. The van der Waals surface area contributed by atoms with Gasteiger partial charge in [0.25, 0.3) is 10.0 Å². The van der Waals surface area contributed by atoms with Gasteiger partial charge in [-0.15, -0.1) is 0 Å². The average molecular weight is 693 g/mol. The number of carbonyl (C=O) groups is 4. The van der Waals surface area contributed by atoms with E-state index in [2.05, 4.69) is 25.7 Å². The summed E-state index contributed by atoms with van der Waals surface area (Å²) in [5, 5.41) is 7.95. The van der Waals surface area contributed by atoms with Gasteiger partial charge in [-0.1, -0.05) is 92.2 Å². The van der Waals surface area contributed by atoms with Crippen LogP contribution in [0.1, 0.15) is 43.4 Å². The molecule has 0 saturated carbocycles. The highest BCUT2D eigenvalue weighted by Crippen LogP contribution is 2.11. The molecule has 0 aliphatic carbocycles. The number of hydrogen-bond acceptors (Lipinski definition) is 8. The number of aryl methyl sites for hydroxylation is 1. The van der Waals surface area contributed by atoms with Crippen molar-refractivity contribution in [1.29, 1.82) is 0 Å². The van der Waals surface area contributed by atoms with Crippen LogP contribution < -0.4 is 26.4 Å². The lowest BCUT2D eigenvalue weighted by atomic mass is 10.0. The molecule has 262 valence electrons. The number of hydrogen-bond donors (Lipinski definition) is 5. The number of sulfonamides is 1. The lowest BCUT2D eigenvalue weighted by molar-refractivity contribution is -0.132. The minimum atomic E-state index is -3.95. The van der Waals surface area contributed by atoms with E-state index in [1.165, 1.54) is 12.1 Å². The topological polar surface area (TPSA) is 198 Å². The fourth-order valence-electron chi connectivity index (χ4n) is 4.68. The Balaban J connectivity index is 1.66. The van der Waals surface area contributed by atoms with Gasteiger partial charge in [0.15, 0.2) is 0 Å². The van der Waals surface area contributed by atoms with E-state index in [9.17, 15) is 27.6 Å². The maximum atomic E-state index is 13.5. The molecule has 6 N–H and O–H groups in total. The van der Waals surface area contributed by atoms with Gasteiger partial charge < -0.3 is 31.2 Å². The molecule has 0 spiro atoms. The summed E-state index contributed by atoms with van der Waals surface area (Å²) in [7, 11) is -3.95. The van der Waals surface area contributed by atoms with Crippen LogP contribution in [0.5, 0.6) is 0 Å². The number of nitrogens with one attached hydrogen (secondary N) is 4. The Morgan fingerprint density at radius 2 is 1.47 bits per heavy atom. The van der Waals surface area contributed by atoms with Crippen molar-refractivity contribution in [1.82, 2.24) is 20.7 Å². The number of carbonyl (C=O) groups excluding carboxylic acids is 4. The van der Waals surface area contributed by atoms with Crippen molar-refractivity contribution >= 4 is 40.2 Å². The maximum Gasteiger partial charge on any atom is 0.408 e. The number of nitrogens with two attached hydrogens (primary N) is 1. The van der Waals surface area contributed by atoms with Gasteiger partial charge in [-0.25, -0.2) is 17.9 Å². The van der Waals surface area contributed by atoms with Crippen LogP contribution in [0.15, 0.2) is 94.8 Å². The molecule has 3 aromatic carbocycles. The molecule has 49 heavy (non-hydrogen) atoms. The second kappa shape index (κ2) is 18.9. The Morgan fingerprint density at radius 3 is 2.06 bits per heavy atom. The predicted molar refractivity (Wildman–Crippen MR) is 186 cm³/mol. The lowest BCUT2D eigenvalue weighted by Crippen LogP contribution is -2.57. The molecule has 3 atom stereocenters. The molecule has 3 aromatic rings. The standard InChI is InChI=1S/C35H44N6O7S/c1-24(2)31(33(44)38-28(22-42)21-26-11-6-4-7-12-26)40-32(43)30(39-35(45)48-23-27-13-8-5-9-14-27)15-10-20-37-34(36)41-49(46,47)29-18-16-25(3)17-19-29/h4-9,11-14,16-19,22,24,28,30-31H,10,15,20-21,23H2,1-3H3,(H,38,44)(H,39,45)(H,40,43)(H3,36,37,41)/t28-,30-,31-/m0/s1. The number of alkyl carbamates (subject to hydrolysis) is 1. The van der Waals surface area contributed by atoms with Crippen LogP contribution in [0.3, 0.4) is 0 Å². The summed E-state index contributed by atoms with van der Waals surface area (Å²) in [6, 6.07) is 21.4. The van der Waals surface area contributed by atoms with E-state index in [1.807, 2.05) is 43.3 Å². The monoisotopic (exact) mass is 692 g/mol. The first-order valence-corrected chi connectivity index (χ1v) is 17.3. The van der Waals surface area contributed by atoms with Crippen LogP contribution in [0.25, 0.3) is 0 Å². The highest BCUT2D eigenvalue weighted by molar-refractivity contribution is 7.90. The van der Waals surface area contributed by atoms with E-state index in [4.69, 9.17) is 10.5 Å². The van der Waals surface area contributed by atoms with Crippen LogP contribution in [0.2, 0.25) is 0 Å². The first kappa shape index (κ1) is 38.2. The number of ether oxygens (including phenoxy) is 1. The molecule has 3 amide bonds. The molecule has 0 aliphatic rings. The van der Waals surface area contributed by atoms with Gasteiger partial charge in [0.1, 0.15) is 25.0 Å². The molecule has 0 aromatic heterocycles. The van der Waals surface area contributed by atoms with E-state index < -0.39 is 46.1 Å². The Bertz CT molecular complexity index is 1670. The van der Waals surface area contributed by atoms with Gasteiger partial charge in [0, 0.05) is 6.54 Å². The second-order valence-electron chi connectivity index (χ2n) is 11.8. The molecule has 0 heterocycles. The van der Waals surface area contributed by atoms with Crippen molar-refractivity contribution in [2.45, 2.75) is 69.7 Å². The summed E-state index contributed by atoms with van der Waals surface area (Å²) in [6.45, 7) is 5.29. The predicted octanol–water partition coefficient (Wildman–Crippen LogP) is 2.73. The van der Waals surface area contributed by atoms with Crippen molar-refractivity contribution in [3.05, 3.63) is 102 Å². The number of aldehydes is 1. The molecule has 0 saturated heterocycles. The van der Waals surface area contributed by atoms with Crippen LogP contribution in [0, 0.1) is 12.8 Å². The molecular weight excluding hydrogens is 648 g/mol. The smallest absolute Gasteiger partial charge is 0.408 e. The molecule has 0 radical (unpaired) electrons. The molecule has 0 bridgehead atoms. The van der Waals surface area contributed by atoms with Gasteiger partial charge >= 0.3 is 6.09 Å². The Morgan fingerprint density at radius 1 is 0.857 bits per heavy atom. The van der Waals surface area contributed by atoms with Crippen molar-refractivity contribution in [2.24, 2.45) is 16.6 Å². The number of benzene rings is 3. The normalized spacial score (nSPS) is 13.4. The summed E-state index contributed by atoms with van der Waals surface area (Å²) < 4.78 is 32.8. The highest BCUT2D eigenvalue weighted by Gasteiger charge is 2.30. The Kier molecular flexibility index (Phi) is 14.8. The van der Waals surface area contributed by atoms with Crippen LogP contribution in [-0.4, -0.2) is 63.2 Å². The Labute approximate surface area is 287 Å². The first-order valence-electron chi connectivity index (χ1n) is 15.8. The van der Waals surface area contributed by atoms with Crippen LogP contribution >= 0.6 is 0 Å². The van der Waals surface area contributed by atoms with E-state index in [-0.39, 0.29) is 49.2 Å². The van der Waals surface area contributed by atoms with Crippen molar-refractivity contribution in [3.63, 3.8) is 0 Å². The molecule has 13 nitrogen and oxygen atoms in total. The van der Waals surface area contributed by atoms with Gasteiger partial charge in [0.05, 0.1) is 10.9 Å². The molecule has 0 aliphatic heterocycles. The van der Waals surface area contributed by atoms with Crippen molar-refractivity contribution in [2.75, 3.05) is 6.54 Å². The number of amides is 3. The quantitative estimate of drug-likeness (QED) is 0.0616. The molecule has 0 fully saturated rings. The van der Waals surface area contributed by atoms with Crippen LogP contribution in [-0.2, 0) is 42.2 Å². The SMILES string of the molecule is Cc1ccc(S(=O)(=O)NC(N)=NCCC[C@H](NC(=O)OCc2ccccc2)C(=O)N[C@H](C(=O)N[C@H](C=O)Cc2ccccc2)C(C)C)cc1. The number of rotatable bonds is 17. The molecule has 0 unspecified atom stereocenters. The summed E-state index contributed by atoms with van der Waals surface area (Å²) in [4.78, 5) is 55.4. The van der Waals surface area contributed by atoms with Gasteiger partial charge in [-0.05, 0) is 55.4 Å². The third-order valence-corrected chi connectivity index (χ3v) is 8.73. The summed E-state index contributed by atoms with van der Waals surface area (Å²) in [5.41, 5.74) is 8.33. The zero-order chi connectivity index (χ0) is 35.8. The molecular formula is C35H44N6O7S. The summed E-state index contributed by atoms with van der Waals surface area (Å²) in [6.07, 6.45) is 0.312. The first-order chi connectivity index (χ1) is 23.4. The minimum absolute atomic E-state index is 0.0152. The highest BCUT2D eigenvalue weighted by atomic mass is 32.2. The number of aliphatic imine (C=N–C) groups is 1. The van der Waals surface area contributed by atoms with Gasteiger partial charge in [0.2, 0.25) is 17.8 Å². The Hall–Kier alpha value is -5.24. The van der Waals surface area contributed by atoms with E-state index in [1.54, 1.807) is 50.2 Å². The van der Waals surface area contributed by atoms with Crippen molar-refractivity contribution < 1.29 is 32.3 Å². The zero-order valence-corrected chi connectivity index (χ0v) is 28.6. The maximum absolute atomic E-state index is 13.5.